The van der Waals surface area contributed by atoms with Crippen molar-refractivity contribution in [2.75, 3.05) is 25.0 Å². The van der Waals surface area contributed by atoms with Gasteiger partial charge in [-0.1, -0.05) is 23.7 Å². The standard InChI is InChI=1S/C29H28ClN5O2S/c1-16-12-24-28(27(21(16)14-26(36)37)18-4-6-20(30)7-5-18)38-29(34-24)19-8-10-33-25(13-19)35-11-9-23(32-3)22(15-35)17(2)31/h4-8,10,12-13H,9,11,14-15,31H2,1-3H3,(H,36,37)/b22-17-,32-23?. The molecule has 0 saturated carbocycles. The number of pyridine rings is 1. The van der Waals surface area contributed by atoms with Gasteiger partial charge in [-0.25, -0.2) is 9.97 Å². The summed E-state index contributed by atoms with van der Waals surface area (Å²) in [5.41, 5.74) is 14.3. The number of allylic oxidation sites excluding steroid dienone is 1. The lowest BCUT2D eigenvalue weighted by Gasteiger charge is -2.31. The molecule has 1 fully saturated rings. The van der Waals surface area contributed by atoms with E-state index >= 15 is 0 Å². The molecule has 4 aromatic rings. The lowest BCUT2D eigenvalue weighted by atomic mass is 9.93. The van der Waals surface area contributed by atoms with Crippen molar-refractivity contribution in [1.82, 2.24) is 9.97 Å². The second kappa shape index (κ2) is 10.6. The molecule has 0 bridgehead atoms. The average molecular weight is 546 g/mol. The number of carbonyl (C=O) groups is 1. The third-order valence-corrected chi connectivity index (χ3v) is 8.24. The minimum Gasteiger partial charge on any atom is -0.481 e. The van der Waals surface area contributed by atoms with Crippen LogP contribution in [0.4, 0.5) is 5.82 Å². The van der Waals surface area contributed by atoms with E-state index in [4.69, 9.17) is 22.3 Å². The predicted molar refractivity (Wildman–Crippen MR) is 156 cm³/mol. The summed E-state index contributed by atoms with van der Waals surface area (Å²) in [6.07, 6.45) is 2.55. The summed E-state index contributed by atoms with van der Waals surface area (Å²) in [5, 5.41) is 11.1. The second-order valence-electron chi connectivity index (χ2n) is 9.40. The van der Waals surface area contributed by atoms with Gasteiger partial charge in [-0.15, -0.1) is 11.3 Å². The molecule has 2 aromatic heterocycles. The maximum atomic E-state index is 11.8. The highest BCUT2D eigenvalue weighted by Crippen LogP contribution is 2.41. The van der Waals surface area contributed by atoms with Crippen LogP contribution in [0.15, 0.2) is 64.9 Å². The Morgan fingerprint density at radius 2 is 1.97 bits per heavy atom. The summed E-state index contributed by atoms with van der Waals surface area (Å²) < 4.78 is 0.952. The fourth-order valence-corrected chi connectivity index (χ4v) is 6.19. The Labute approximate surface area is 230 Å². The van der Waals surface area contributed by atoms with Gasteiger partial charge in [0.1, 0.15) is 10.8 Å². The quantitative estimate of drug-likeness (QED) is 0.312. The highest BCUT2D eigenvalue weighted by atomic mass is 35.5. The van der Waals surface area contributed by atoms with Gasteiger partial charge in [0.15, 0.2) is 0 Å². The van der Waals surface area contributed by atoms with Crippen molar-refractivity contribution in [3.63, 3.8) is 0 Å². The van der Waals surface area contributed by atoms with Crippen LogP contribution in [0, 0.1) is 6.92 Å². The number of benzene rings is 2. The van der Waals surface area contributed by atoms with Crippen molar-refractivity contribution in [3.05, 3.63) is 76.1 Å². The van der Waals surface area contributed by atoms with Gasteiger partial charge in [0.2, 0.25) is 0 Å². The van der Waals surface area contributed by atoms with E-state index in [2.05, 4.69) is 20.9 Å². The number of aliphatic carboxylic acids is 1. The Bertz CT molecular complexity index is 1600. The van der Waals surface area contributed by atoms with E-state index in [0.29, 0.717) is 11.6 Å². The molecule has 0 amide bonds. The van der Waals surface area contributed by atoms with Crippen LogP contribution in [-0.2, 0) is 11.2 Å². The largest absolute Gasteiger partial charge is 0.481 e. The highest BCUT2D eigenvalue weighted by Gasteiger charge is 2.23. The van der Waals surface area contributed by atoms with Gasteiger partial charge < -0.3 is 15.7 Å². The van der Waals surface area contributed by atoms with Crippen molar-refractivity contribution in [3.8, 4) is 21.7 Å². The van der Waals surface area contributed by atoms with Gasteiger partial charge in [0, 0.05) is 65.9 Å². The Hall–Kier alpha value is -3.75. The van der Waals surface area contributed by atoms with Crippen LogP contribution in [0.1, 0.15) is 24.5 Å². The maximum absolute atomic E-state index is 11.8. The molecule has 0 aliphatic carbocycles. The summed E-state index contributed by atoms with van der Waals surface area (Å²) in [5.74, 6) is -0.0125. The zero-order valence-corrected chi connectivity index (χ0v) is 23.0. The van der Waals surface area contributed by atoms with E-state index < -0.39 is 5.97 Å². The predicted octanol–water partition coefficient (Wildman–Crippen LogP) is 6.13. The number of thiazole rings is 1. The maximum Gasteiger partial charge on any atom is 0.307 e. The number of hydrogen-bond donors (Lipinski definition) is 2. The molecule has 38 heavy (non-hydrogen) atoms. The number of nitrogens with two attached hydrogens (primary N) is 1. The SMILES string of the molecule is CN=C1CCN(c2cc(-c3nc4cc(C)c(CC(=O)O)c(-c5ccc(Cl)cc5)c4s3)ccn2)C/C1=C(\C)N. The molecular formula is C29H28ClN5O2S. The Morgan fingerprint density at radius 3 is 2.66 bits per heavy atom. The first-order valence-corrected chi connectivity index (χ1v) is 13.5. The molecular weight excluding hydrogens is 518 g/mol. The third kappa shape index (κ3) is 5.01. The molecule has 1 aliphatic heterocycles. The van der Waals surface area contributed by atoms with E-state index in [0.717, 1.165) is 78.8 Å². The van der Waals surface area contributed by atoms with Crippen LogP contribution >= 0.6 is 22.9 Å². The molecule has 5 rings (SSSR count). The van der Waals surface area contributed by atoms with Crippen LogP contribution in [0.5, 0.6) is 0 Å². The first kappa shape index (κ1) is 25.9. The summed E-state index contributed by atoms with van der Waals surface area (Å²) in [6, 6.07) is 13.5. The van der Waals surface area contributed by atoms with Gasteiger partial charge >= 0.3 is 5.97 Å². The molecule has 2 aromatic carbocycles. The zero-order chi connectivity index (χ0) is 27.0. The number of aliphatic imine (C=N–C) groups is 1. The van der Waals surface area contributed by atoms with Crippen LogP contribution in [0.3, 0.4) is 0 Å². The molecule has 0 radical (unpaired) electrons. The summed E-state index contributed by atoms with van der Waals surface area (Å²) in [4.78, 5) is 28.0. The minimum atomic E-state index is -0.870. The van der Waals surface area contributed by atoms with E-state index in [1.165, 1.54) is 0 Å². The Kier molecular flexibility index (Phi) is 7.19. The Balaban J connectivity index is 1.60. The van der Waals surface area contributed by atoms with Crippen molar-refractivity contribution in [2.24, 2.45) is 10.7 Å². The molecule has 0 unspecified atom stereocenters. The number of piperidine rings is 1. The van der Waals surface area contributed by atoms with Crippen molar-refractivity contribution in [2.45, 2.75) is 26.7 Å². The number of aromatic nitrogens is 2. The number of carboxylic acid groups (broad SMARTS) is 1. The number of nitrogens with zero attached hydrogens (tertiary/aromatic N) is 4. The number of aryl methyl sites for hydroxylation is 1. The van der Waals surface area contributed by atoms with Crippen molar-refractivity contribution in [1.29, 1.82) is 0 Å². The number of fused-ring (bicyclic) bond motifs is 1. The monoisotopic (exact) mass is 545 g/mol. The summed E-state index contributed by atoms with van der Waals surface area (Å²) in [7, 11) is 1.81. The summed E-state index contributed by atoms with van der Waals surface area (Å²) in [6.45, 7) is 5.31. The highest BCUT2D eigenvalue weighted by molar-refractivity contribution is 7.22. The molecule has 0 atom stereocenters. The van der Waals surface area contributed by atoms with Crippen LogP contribution in [-0.4, -0.2) is 46.9 Å². The van der Waals surface area contributed by atoms with E-state index in [-0.39, 0.29) is 6.42 Å². The average Bonchev–Trinajstić information content (AvgIpc) is 3.32. The number of halogens is 1. The zero-order valence-electron chi connectivity index (χ0n) is 21.5. The molecule has 194 valence electrons. The van der Waals surface area contributed by atoms with E-state index in [1.54, 1.807) is 17.5 Å². The van der Waals surface area contributed by atoms with Crippen molar-refractivity contribution < 1.29 is 9.90 Å². The first-order valence-electron chi connectivity index (χ1n) is 12.3. The molecule has 1 saturated heterocycles. The van der Waals surface area contributed by atoms with Crippen LogP contribution < -0.4 is 10.6 Å². The molecule has 7 nitrogen and oxygen atoms in total. The van der Waals surface area contributed by atoms with Crippen LogP contribution in [0.25, 0.3) is 31.9 Å². The van der Waals surface area contributed by atoms with Gasteiger partial charge in [0.05, 0.1) is 16.6 Å². The van der Waals surface area contributed by atoms with Gasteiger partial charge in [-0.2, -0.15) is 0 Å². The van der Waals surface area contributed by atoms with E-state index in [1.807, 2.05) is 57.3 Å². The smallest absolute Gasteiger partial charge is 0.307 e. The third-order valence-electron chi connectivity index (χ3n) is 6.85. The van der Waals surface area contributed by atoms with E-state index in [9.17, 15) is 9.90 Å². The minimum absolute atomic E-state index is 0.0687. The molecule has 0 spiro atoms. The molecule has 1 aliphatic rings. The van der Waals surface area contributed by atoms with Gasteiger partial charge in [-0.3, -0.25) is 9.79 Å². The topological polar surface area (TPSA) is 105 Å². The number of anilines is 1. The molecule has 9 heteroatoms. The fraction of sp³-hybridized carbons (Fsp3) is 0.241. The lowest BCUT2D eigenvalue weighted by molar-refractivity contribution is -0.136. The fourth-order valence-electron chi connectivity index (χ4n) is 4.93. The van der Waals surface area contributed by atoms with Gasteiger partial charge in [-0.05, 0) is 60.9 Å². The number of carboxylic acids is 1. The first-order chi connectivity index (χ1) is 18.2. The normalized spacial score (nSPS) is 16.3. The van der Waals surface area contributed by atoms with Crippen molar-refractivity contribution >= 4 is 50.7 Å². The number of hydrogen-bond acceptors (Lipinski definition) is 7. The Morgan fingerprint density at radius 1 is 1.21 bits per heavy atom. The molecule has 3 heterocycles. The number of rotatable bonds is 5. The second-order valence-corrected chi connectivity index (χ2v) is 10.8. The molecule has 3 N–H and O–H groups in total. The summed E-state index contributed by atoms with van der Waals surface area (Å²) >= 11 is 7.71. The van der Waals surface area contributed by atoms with Gasteiger partial charge in [0.25, 0.3) is 0 Å². The lowest BCUT2D eigenvalue weighted by Crippen LogP contribution is -2.37. The van der Waals surface area contributed by atoms with Crippen LogP contribution in [0.2, 0.25) is 5.02 Å².